The first-order valence-electron chi connectivity index (χ1n) is 8.50. The lowest BCUT2D eigenvalue weighted by molar-refractivity contribution is 0.0274. The van der Waals surface area contributed by atoms with Gasteiger partial charge in [-0.05, 0) is 23.9 Å². The maximum Gasteiger partial charge on any atom is 0.358 e. The fourth-order valence-electron chi connectivity index (χ4n) is 2.39. The number of hydrogen-bond donors (Lipinski definition) is 1. The van der Waals surface area contributed by atoms with E-state index in [2.05, 4.69) is 20.5 Å². The van der Waals surface area contributed by atoms with Crippen LogP contribution in [0.1, 0.15) is 35.0 Å². The second-order valence-electron chi connectivity index (χ2n) is 5.85. The van der Waals surface area contributed by atoms with Crippen LogP contribution in [0, 0.1) is 0 Å². The summed E-state index contributed by atoms with van der Waals surface area (Å²) in [5, 5.41) is 15.4. The van der Waals surface area contributed by atoms with Crippen LogP contribution in [0.4, 0.5) is 5.13 Å². The molecule has 0 amide bonds. The van der Waals surface area contributed by atoms with Gasteiger partial charge in [0.05, 0.1) is 4.88 Å². The zero-order chi connectivity index (χ0) is 19.3. The third-order valence-corrected chi connectivity index (χ3v) is 5.46. The molecule has 1 unspecified atom stereocenters. The highest BCUT2D eigenvalue weighted by molar-refractivity contribution is 7.14. The van der Waals surface area contributed by atoms with Crippen molar-refractivity contribution in [1.82, 2.24) is 15.2 Å². The van der Waals surface area contributed by atoms with Crippen molar-refractivity contribution in [2.45, 2.75) is 19.6 Å². The number of nitrogens with one attached hydrogen (secondary N) is 1. The van der Waals surface area contributed by atoms with Gasteiger partial charge in [-0.2, -0.15) is 0 Å². The van der Waals surface area contributed by atoms with E-state index in [9.17, 15) is 4.79 Å². The molecule has 142 valence electrons. The molecule has 4 aromatic rings. The van der Waals surface area contributed by atoms with E-state index in [1.165, 1.54) is 22.7 Å². The fourth-order valence-corrected chi connectivity index (χ4v) is 3.72. The Morgan fingerprint density at radius 3 is 2.82 bits per heavy atom. The average Bonchev–Trinajstić information content (AvgIpc) is 3.48. The summed E-state index contributed by atoms with van der Waals surface area (Å²) in [7, 11) is 0. The predicted octanol–water partition coefficient (Wildman–Crippen LogP) is 4.78. The lowest BCUT2D eigenvalue weighted by Gasteiger charge is -2.07. The molecule has 0 aliphatic rings. The van der Waals surface area contributed by atoms with Gasteiger partial charge in [0, 0.05) is 11.9 Å². The van der Waals surface area contributed by atoms with E-state index < -0.39 is 12.1 Å². The molecule has 0 radical (unpaired) electrons. The maximum atomic E-state index is 12.4. The fraction of sp³-hybridized carbons (Fsp3) is 0.158. The number of carbonyl (C=O) groups excluding carboxylic acids is 1. The lowest BCUT2D eigenvalue weighted by atomic mass is 10.2. The van der Waals surface area contributed by atoms with Gasteiger partial charge in [-0.25, -0.2) is 9.78 Å². The van der Waals surface area contributed by atoms with Crippen molar-refractivity contribution >= 4 is 33.8 Å². The molecule has 28 heavy (non-hydrogen) atoms. The zero-order valence-electron chi connectivity index (χ0n) is 14.9. The summed E-state index contributed by atoms with van der Waals surface area (Å²) in [6.07, 6.45) is -0.670. The van der Waals surface area contributed by atoms with Gasteiger partial charge in [0.15, 0.2) is 16.9 Å². The average molecular weight is 412 g/mol. The normalized spacial score (nSPS) is 11.9. The van der Waals surface area contributed by atoms with Crippen molar-refractivity contribution in [1.29, 1.82) is 0 Å². The van der Waals surface area contributed by atoms with E-state index in [0.29, 0.717) is 17.6 Å². The van der Waals surface area contributed by atoms with Gasteiger partial charge in [0.1, 0.15) is 0 Å². The Hall–Kier alpha value is -3.04. The highest BCUT2D eigenvalue weighted by atomic mass is 32.1. The first kappa shape index (κ1) is 18.3. The Balaban J connectivity index is 1.35. The van der Waals surface area contributed by atoms with E-state index in [0.717, 1.165) is 10.4 Å². The van der Waals surface area contributed by atoms with Gasteiger partial charge in [0.25, 0.3) is 11.8 Å². The van der Waals surface area contributed by atoms with Crippen LogP contribution in [0.25, 0.3) is 10.8 Å². The first-order valence-corrected chi connectivity index (χ1v) is 10.3. The quantitative estimate of drug-likeness (QED) is 0.437. The van der Waals surface area contributed by atoms with Crippen LogP contribution >= 0.6 is 22.7 Å². The lowest BCUT2D eigenvalue weighted by Crippen LogP contribution is -2.10. The summed E-state index contributed by atoms with van der Waals surface area (Å²) in [5.41, 5.74) is 1.37. The third-order valence-electron chi connectivity index (χ3n) is 3.80. The van der Waals surface area contributed by atoms with E-state index >= 15 is 0 Å². The largest absolute Gasteiger partial charge is 0.448 e. The molecule has 0 saturated heterocycles. The Morgan fingerprint density at radius 2 is 2.04 bits per heavy atom. The highest BCUT2D eigenvalue weighted by Gasteiger charge is 2.21. The van der Waals surface area contributed by atoms with Crippen LogP contribution in [0.5, 0.6) is 0 Å². The first-order chi connectivity index (χ1) is 13.7. The number of thiazole rings is 1. The second-order valence-corrected chi connectivity index (χ2v) is 7.65. The summed E-state index contributed by atoms with van der Waals surface area (Å²) in [4.78, 5) is 17.5. The zero-order valence-corrected chi connectivity index (χ0v) is 16.5. The molecule has 1 aromatic carbocycles. The molecule has 7 nitrogen and oxygen atoms in total. The Kier molecular flexibility index (Phi) is 5.45. The molecular weight excluding hydrogens is 396 g/mol. The van der Waals surface area contributed by atoms with Gasteiger partial charge in [0.2, 0.25) is 0 Å². The van der Waals surface area contributed by atoms with Crippen molar-refractivity contribution < 1.29 is 13.9 Å². The summed E-state index contributed by atoms with van der Waals surface area (Å²) >= 11 is 2.85. The van der Waals surface area contributed by atoms with Gasteiger partial charge >= 0.3 is 5.97 Å². The molecule has 0 aliphatic carbocycles. The number of aromatic nitrogens is 3. The molecule has 4 rings (SSSR count). The van der Waals surface area contributed by atoms with Crippen LogP contribution in [-0.4, -0.2) is 21.2 Å². The van der Waals surface area contributed by atoms with Crippen molar-refractivity contribution in [2.24, 2.45) is 0 Å². The van der Waals surface area contributed by atoms with Gasteiger partial charge in [-0.1, -0.05) is 36.4 Å². The molecule has 0 fully saturated rings. The standard InChI is InChI=1S/C19H16N4O3S2/c1-12(16-22-23-17(26-16)15-8-5-9-27-15)25-18(24)14-11-28-19(21-14)20-10-13-6-3-2-4-7-13/h2-9,11-12H,10H2,1H3,(H,20,21). The maximum absolute atomic E-state index is 12.4. The third kappa shape index (κ3) is 4.26. The number of anilines is 1. The van der Waals surface area contributed by atoms with Crippen molar-refractivity contribution in [3.8, 4) is 10.8 Å². The van der Waals surface area contributed by atoms with Crippen molar-refractivity contribution in [2.75, 3.05) is 5.32 Å². The van der Waals surface area contributed by atoms with E-state index in [4.69, 9.17) is 9.15 Å². The molecule has 0 saturated carbocycles. The smallest absolute Gasteiger partial charge is 0.358 e. The van der Waals surface area contributed by atoms with Crippen LogP contribution < -0.4 is 5.32 Å². The minimum Gasteiger partial charge on any atom is -0.448 e. The summed E-state index contributed by atoms with van der Waals surface area (Å²) in [5.74, 6) is 0.121. The van der Waals surface area contributed by atoms with Gasteiger partial charge in [-0.3, -0.25) is 0 Å². The van der Waals surface area contributed by atoms with E-state index in [-0.39, 0.29) is 11.6 Å². The molecular formula is C19H16N4O3S2. The number of esters is 1. The summed E-state index contributed by atoms with van der Waals surface area (Å²) < 4.78 is 11.0. The number of carbonyl (C=O) groups is 1. The number of hydrogen-bond acceptors (Lipinski definition) is 9. The van der Waals surface area contributed by atoms with Crippen molar-refractivity contribution in [3.63, 3.8) is 0 Å². The molecule has 3 aromatic heterocycles. The number of rotatable bonds is 7. The van der Waals surface area contributed by atoms with Crippen LogP contribution in [0.3, 0.4) is 0 Å². The molecule has 1 N–H and O–H groups in total. The van der Waals surface area contributed by atoms with Gasteiger partial charge in [-0.15, -0.1) is 32.9 Å². The molecule has 1 atom stereocenters. The number of ether oxygens (including phenoxy) is 1. The Bertz CT molecular complexity index is 1040. The van der Waals surface area contributed by atoms with Crippen LogP contribution in [-0.2, 0) is 11.3 Å². The highest BCUT2D eigenvalue weighted by Crippen LogP contribution is 2.26. The topological polar surface area (TPSA) is 90.1 Å². The van der Waals surface area contributed by atoms with E-state index in [1.54, 1.807) is 12.3 Å². The van der Waals surface area contributed by atoms with E-state index in [1.807, 2.05) is 47.8 Å². The van der Waals surface area contributed by atoms with Crippen LogP contribution in [0.15, 0.2) is 57.6 Å². The van der Waals surface area contributed by atoms with Crippen molar-refractivity contribution in [3.05, 3.63) is 70.4 Å². The molecule has 0 bridgehead atoms. The minimum atomic E-state index is -0.670. The molecule has 3 heterocycles. The monoisotopic (exact) mass is 412 g/mol. The number of benzene rings is 1. The molecule has 0 aliphatic heterocycles. The molecule has 0 spiro atoms. The van der Waals surface area contributed by atoms with Gasteiger partial charge < -0.3 is 14.5 Å². The number of thiophene rings is 1. The summed E-state index contributed by atoms with van der Waals surface area (Å²) in [6.45, 7) is 2.32. The molecule has 9 heteroatoms. The Morgan fingerprint density at radius 1 is 1.18 bits per heavy atom. The Labute approximate surface area is 169 Å². The predicted molar refractivity (Wildman–Crippen MR) is 107 cm³/mol. The SMILES string of the molecule is CC(OC(=O)c1csc(NCc2ccccc2)n1)c1nnc(-c2cccs2)o1. The second kappa shape index (κ2) is 8.32. The summed E-state index contributed by atoms with van der Waals surface area (Å²) in [6, 6.07) is 13.7. The minimum absolute atomic E-state index is 0.241. The van der Waals surface area contributed by atoms with Crippen LogP contribution in [0.2, 0.25) is 0 Å². The number of nitrogens with zero attached hydrogens (tertiary/aromatic N) is 3.